The molecule has 0 fully saturated rings. The third-order valence-corrected chi connectivity index (χ3v) is 4.93. The SMILES string of the molecule is Cc1ccc(CN2CCc3nc(-c4ccncc4)ncc3C2)cc1C. The Hall–Kier alpha value is -2.59. The first-order chi connectivity index (χ1) is 12.2. The van der Waals surface area contributed by atoms with Gasteiger partial charge in [0.25, 0.3) is 0 Å². The van der Waals surface area contributed by atoms with Crippen LogP contribution in [0.2, 0.25) is 0 Å². The first-order valence-electron chi connectivity index (χ1n) is 8.73. The van der Waals surface area contributed by atoms with Crippen LogP contribution in [0.1, 0.15) is 27.9 Å². The van der Waals surface area contributed by atoms with E-state index >= 15 is 0 Å². The molecule has 0 radical (unpaired) electrons. The van der Waals surface area contributed by atoms with Crippen molar-refractivity contribution in [2.24, 2.45) is 0 Å². The molecule has 1 aliphatic heterocycles. The van der Waals surface area contributed by atoms with Gasteiger partial charge in [0, 0.05) is 55.8 Å². The van der Waals surface area contributed by atoms with Gasteiger partial charge in [-0.15, -0.1) is 0 Å². The summed E-state index contributed by atoms with van der Waals surface area (Å²) in [6.07, 6.45) is 6.53. The molecule has 3 aromatic rings. The number of benzene rings is 1. The molecule has 0 aliphatic carbocycles. The van der Waals surface area contributed by atoms with Gasteiger partial charge in [0.15, 0.2) is 5.82 Å². The van der Waals surface area contributed by atoms with Gasteiger partial charge >= 0.3 is 0 Å². The maximum atomic E-state index is 4.79. The second kappa shape index (κ2) is 6.73. The van der Waals surface area contributed by atoms with Crippen LogP contribution < -0.4 is 0 Å². The maximum Gasteiger partial charge on any atom is 0.159 e. The van der Waals surface area contributed by atoms with Gasteiger partial charge < -0.3 is 0 Å². The predicted molar refractivity (Wildman–Crippen MR) is 99.0 cm³/mol. The van der Waals surface area contributed by atoms with E-state index in [0.29, 0.717) is 0 Å². The van der Waals surface area contributed by atoms with Gasteiger partial charge in [-0.2, -0.15) is 0 Å². The molecule has 0 saturated heterocycles. The lowest BCUT2D eigenvalue weighted by Crippen LogP contribution is -2.31. The van der Waals surface area contributed by atoms with Crippen molar-refractivity contribution in [1.82, 2.24) is 19.9 Å². The van der Waals surface area contributed by atoms with Crippen LogP contribution in [0.3, 0.4) is 0 Å². The van der Waals surface area contributed by atoms with Gasteiger partial charge in [0.1, 0.15) is 0 Å². The molecule has 0 N–H and O–H groups in total. The summed E-state index contributed by atoms with van der Waals surface area (Å²) in [6, 6.07) is 10.7. The molecule has 0 bridgehead atoms. The fourth-order valence-electron chi connectivity index (χ4n) is 3.31. The molecule has 4 nitrogen and oxygen atoms in total. The van der Waals surface area contributed by atoms with Gasteiger partial charge in [-0.3, -0.25) is 9.88 Å². The third kappa shape index (κ3) is 3.44. The molecular weight excluding hydrogens is 308 g/mol. The van der Waals surface area contributed by atoms with Crippen LogP contribution in [0.5, 0.6) is 0 Å². The second-order valence-electron chi connectivity index (χ2n) is 6.78. The Morgan fingerprint density at radius 3 is 2.68 bits per heavy atom. The van der Waals surface area contributed by atoms with E-state index in [1.165, 1.54) is 27.9 Å². The van der Waals surface area contributed by atoms with E-state index in [1.54, 1.807) is 12.4 Å². The number of aryl methyl sites for hydroxylation is 2. The number of rotatable bonds is 3. The highest BCUT2D eigenvalue weighted by Gasteiger charge is 2.19. The van der Waals surface area contributed by atoms with Crippen molar-refractivity contribution >= 4 is 0 Å². The molecular formula is C21H22N4. The third-order valence-electron chi connectivity index (χ3n) is 4.93. The molecule has 0 atom stereocenters. The molecule has 1 aromatic carbocycles. The Bertz CT molecular complexity index is 890. The highest BCUT2D eigenvalue weighted by atomic mass is 15.1. The van der Waals surface area contributed by atoms with Gasteiger partial charge in [0.05, 0.1) is 5.69 Å². The van der Waals surface area contributed by atoms with Crippen molar-refractivity contribution in [3.8, 4) is 11.4 Å². The monoisotopic (exact) mass is 330 g/mol. The average molecular weight is 330 g/mol. The van der Waals surface area contributed by atoms with E-state index in [-0.39, 0.29) is 0 Å². The van der Waals surface area contributed by atoms with Crippen LogP contribution in [-0.2, 0) is 19.5 Å². The summed E-state index contributed by atoms with van der Waals surface area (Å²) in [5.74, 6) is 0.795. The first kappa shape index (κ1) is 15.9. The Morgan fingerprint density at radius 1 is 1.04 bits per heavy atom. The van der Waals surface area contributed by atoms with Crippen LogP contribution in [0.15, 0.2) is 48.9 Å². The number of pyridine rings is 1. The standard InChI is InChI=1S/C21H22N4/c1-15-3-4-17(11-16(15)2)13-25-10-7-20-19(14-25)12-23-21(24-20)18-5-8-22-9-6-18/h3-6,8-9,11-12H,7,10,13-14H2,1-2H3. The number of hydrogen-bond acceptors (Lipinski definition) is 4. The number of fused-ring (bicyclic) bond motifs is 1. The molecule has 0 spiro atoms. The van der Waals surface area contributed by atoms with Crippen molar-refractivity contribution < 1.29 is 0 Å². The van der Waals surface area contributed by atoms with E-state index in [2.05, 4.69) is 46.9 Å². The molecule has 0 unspecified atom stereocenters. The molecule has 4 heteroatoms. The predicted octanol–water partition coefficient (Wildman–Crippen LogP) is 3.71. The van der Waals surface area contributed by atoms with Gasteiger partial charge in [0.2, 0.25) is 0 Å². The zero-order chi connectivity index (χ0) is 17.2. The summed E-state index contributed by atoms with van der Waals surface area (Å²) in [5.41, 5.74) is 7.53. The number of nitrogens with zero attached hydrogens (tertiary/aromatic N) is 4. The van der Waals surface area contributed by atoms with E-state index in [9.17, 15) is 0 Å². The van der Waals surface area contributed by atoms with Crippen molar-refractivity contribution in [3.05, 3.63) is 76.9 Å². The zero-order valence-corrected chi connectivity index (χ0v) is 14.7. The molecule has 126 valence electrons. The molecule has 3 heterocycles. The van der Waals surface area contributed by atoms with Crippen LogP contribution in [0, 0.1) is 13.8 Å². The highest BCUT2D eigenvalue weighted by molar-refractivity contribution is 5.54. The summed E-state index contributed by atoms with van der Waals surface area (Å²) in [5, 5.41) is 0. The first-order valence-corrected chi connectivity index (χ1v) is 8.73. The lowest BCUT2D eigenvalue weighted by Gasteiger charge is -2.28. The summed E-state index contributed by atoms with van der Waals surface area (Å²) < 4.78 is 0. The minimum absolute atomic E-state index is 0.795. The Balaban J connectivity index is 1.51. The van der Waals surface area contributed by atoms with Gasteiger partial charge in [-0.25, -0.2) is 9.97 Å². The average Bonchev–Trinajstić information content (AvgIpc) is 2.65. The van der Waals surface area contributed by atoms with E-state index in [1.807, 2.05) is 18.3 Å². The Labute approximate surface area is 148 Å². The van der Waals surface area contributed by atoms with Gasteiger partial charge in [-0.05, 0) is 42.7 Å². The van der Waals surface area contributed by atoms with Crippen molar-refractivity contribution in [2.45, 2.75) is 33.4 Å². The highest BCUT2D eigenvalue weighted by Crippen LogP contribution is 2.22. The number of aromatic nitrogens is 3. The molecule has 0 amide bonds. The minimum Gasteiger partial charge on any atom is -0.294 e. The molecule has 2 aromatic heterocycles. The van der Waals surface area contributed by atoms with Gasteiger partial charge in [-0.1, -0.05) is 18.2 Å². The van der Waals surface area contributed by atoms with Crippen LogP contribution >= 0.6 is 0 Å². The maximum absolute atomic E-state index is 4.79. The minimum atomic E-state index is 0.795. The summed E-state index contributed by atoms with van der Waals surface area (Å²) in [4.78, 5) is 15.9. The Kier molecular flexibility index (Phi) is 4.28. The van der Waals surface area contributed by atoms with E-state index < -0.39 is 0 Å². The van der Waals surface area contributed by atoms with Crippen molar-refractivity contribution in [1.29, 1.82) is 0 Å². The van der Waals surface area contributed by atoms with Crippen molar-refractivity contribution in [3.63, 3.8) is 0 Å². The lowest BCUT2D eigenvalue weighted by atomic mass is 10.0. The lowest BCUT2D eigenvalue weighted by molar-refractivity contribution is 0.243. The topological polar surface area (TPSA) is 41.9 Å². The van der Waals surface area contributed by atoms with Crippen LogP contribution in [-0.4, -0.2) is 26.4 Å². The second-order valence-corrected chi connectivity index (χ2v) is 6.78. The fourth-order valence-corrected chi connectivity index (χ4v) is 3.31. The van der Waals surface area contributed by atoms with Crippen LogP contribution in [0.25, 0.3) is 11.4 Å². The smallest absolute Gasteiger partial charge is 0.159 e. The quantitative estimate of drug-likeness (QED) is 0.734. The summed E-state index contributed by atoms with van der Waals surface area (Å²) >= 11 is 0. The summed E-state index contributed by atoms with van der Waals surface area (Å²) in [7, 11) is 0. The molecule has 4 rings (SSSR count). The number of hydrogen-bond donors (Lipinski definition) is 0. The Morgan fingerprint density at radius 2 is 1.88 bits per heavy atom. The molecule has 0 saturated carbocycles. The molecule has 1 aliphatic rings. The fraction of sp³-hybridized carbons (Fsp3) is 0.286. The zero-order valence-electron chi connectivity index (χ0n) is 14.7. The summed E-state index contributed by atoms with van der Waals surface area (Å²) in [6.45, 7) is 7.27. The van der Waals surface area contributed by atoms with Crippen LogP contribution in [0.4, 0.5) is 0 Å². The normalized spacial score (nSPS) is 14.3. The largest absolute Gasteiger partial charge is 0.294 e. The van der Waals surface area contributed by atoms with Crippen molar-refractivity contribution in [2.75, 3.05) is 6.54 Å². The van der Waals surface area contributed by atoms with E-state index in [4.69, 9.17) is 4.98 Å². The van der Waals surface area contributed by atoms with E-state index in [0.717, 1.165) is 37.4 Å². The molecule has 25 heavy (non-hydrogen) atoms.